The molecule has 0 atom stereocenters. The molecule has 0 radical (unpaired) electrons. The third kappa shape index (κ3) is 4.85. The molecule has 0 saturated heterocycles. The number of aromatic nitrogens is 4. The molecule has 0 saturated carbocycles. The first-order valence-corrected chi connectivity index (χ1v) is 16.8. The number of nitrogens with zero attached hydrogens (tertiary/aromatic N) is 6. The minimum Gasteiger partial charge on any atom is -0.290 e. The summed E-state index contributed by atoms with van der Waals surface area (Å²) in [6, 6.07) is 26.1. The van der Waals surface area contributed by atoms with Crippen LogP contribution < -0.4 is 35.6 Å². The number of fused-ring (bicyclic) bond motifs is 4. The molecule has 0 N–H and O–H groups in total. The fourth-order valence-electron chi connectivity index (χ4n) is 7.31. The maximum absolute atomic E-state index is 5.56. The number of hydrogen-bond donors (Lipinski definition) is 0. The van der Waals surface area contributed by atoms with Crippen molar-refractivity contribution in [2.45, 2.75) is 78.6 Å². The van der Waals surface area contributed by atoms with E-state index in [1.807, 2.05) is 0 Å². The summed E-state index contributed by atoms with van der Waals surface area (Å²) in [5, 5.41) is 0. The number of pyridine rings is 2. The first-order chi connectivity index (χ1) is 22.1. The number of aryl methyl sites for hydroxylation is 2. The van der Waals surface area contributed by atoms with Crippen molar-refractivity contribution in [3.8, 4) is 0 Å². The predicted molar refractivity (Wildman–Crippen MR) is 195 cm³/mol. The van der Waals surface area contributed by atoms with Gasteiger partial charge < -0.3 is 0 Å². The van der Waals surface area contributed by atoms with Crippen LogP contribution in [0.3, 0.4) is 0 Å². The van der Waals surface area contributed by atoms with Gasteiger partial charge in [-0.3, -0.25) is 9.80 Å². The van der Waals surface area contributed by atoms with E-state index in [0.717, 1.165) is 34.3 Å². The third-order valence-corrected chi connectivity index (χ3v) is 9.61. The Morgan fingerprint density at radius 1 is 0.532 bits per heavy atom. The summed E-state index contributed by atoms with van der Waals surface area (Å²) in [7, 11) is 4.39. The molecule has 0 aliphatic carbocycles. The fraction of sp³-hybridized carbons (Fsp3) is 0.350. The molecule has 5 heterocycles. The van der Waals surface area contributed by atoms with Gasteiger partial charge in [-0.25, -0.2) is 19.1 Å². The van der Waals surface area contributed by atoms with Crippen molar-refractivity contribution in [1.82, 2.24) is 9.97 Å². The maximum Gasteiger partial charge on any atom is 0.419 e. The Kier molecular flexibility index (Phi) is 6.95. The second kappa shape index (κ2) is 10.5. The first-order valence-electron chi connectivity index (χ1n) is 16.8. The maximum atomic E-state index is 5.56. The lowest BCUT2D eigenvalue weighted by Crippen LogP contribution is -2.76. The van der Waals surface area contributed by atoms with E-state index in [2.05, 4.69) is 181 Å². The lowest BCUT2D eigenvalue weighted by atomic mass is 9.36. The third-order valence-electron chi connectivity index (χ3n) is 9.61. The van der Waals surface area contributed by atoms with Crippen LogP contribution in [0.15, 0.2) is 85.2 Å². The number of rotatable bonds is 2. The van der Waals surface area contributed by atoms with Gasteiger partial charge in [0.15, 0.2) is 23.6 Å². The molecule has 5 aromatic rings. The van der Waals surface area contributed by atoms with Gasteiger partial charge in [0.25, 0.3) is 0 Å². The van der Waals surface area contributed by atoms with Crippen molar-refractivity contribution in [2.75, 3.05) is 9.80 Å². The molecule has 0 bridgehead atoms. The van der Waals surface area contributed by atoms with Crippen molar-refractivity contribution >= 4 is 57.7 Å². The van der Waals surface area contributed by atoms with Gasteiger partial charge >= 0.3 is 6.71 Å². The highest BCUT2D eigenvalue weighted by molar-refractivity contribution is 6.98. The minimum atomic E-state index is -0.283. The normalized spacial score (nSPS) is 14.1. The molecule has 0 amide bonds. The molecule has 6 nitrogen and oxygen atoms in total. The summed E-state index contributed by atoms with van der Waals surface area (Å²) in [5.74, 6) is 2.73. The van der Waals surface area contributed by atoms with Crippen LogP contribution in [0, 0.1) is 0 Å². The SMILES string of the molecule is C[n+]1ccc(C(C)(C)C)c2c1B1c3c(nc(C(C)(C)C)nc3N(c3ccccc3)c3c(C(C)(C)C)cc[n+](C)c31)N2c1ccccc1. The van der Waals surface area contributed by atoms with Crippen molar-refractivity contribution < 1.29 is 9.13 Å². The molecule has 47 heavy (non-hydrogen) atoms. The van der Waals surface area contributed by atoms with Gasteiger partial charge in [0.1, 0.15) is 42.9 Å². The molecular formula is C40H47BN6+2. The highest BCUT2D eigenvalue weighted by atomic mass is 15.3. The summed E-state index contributed by atoms with van der Waals surface area (Å²) < 4.78 is 4.67. The molecule has 7 heteroatoms. The van der Waals surface area contributed by atoms with E-state index in [-0.39, 0.29) is 23.0 Å². The Morgan fingerprint density at radius 3 is 1.26 bits per heavy atom. The van der Waals surface area contributed by atoms with Crippen molar-refractivity contribution in [3.63, 3.8) is 0 Å². The Hall–Kier alpha value is -4.52. The van der Waals surface area contributed by atoms with Crippen molar-refractivity contribution in [2.24, 2.45) is 14.1 Å². The molecule has 238 valence electrons. The molecule has 0 spiro atoms. The van der Waals surface area contributed by atoms with Crippen molar-refractivity contribution in [3.05, 3.63) is 102 Å². The summed E-state index contributed by atoms with van der Waals surface area (Å²) >= 11 is 0. The standard InChI is InChI=1S/C40H47BN6/c1-38(2,3)28-22-24-44(10)33-31(28)46(26-18-14-12-15-19-26)35-30-36(43-37(42-35)40(7,8)9)47(27-20-16-13-17-21-27)32-29(39(4,5)6)23-25-45(11)34(32)41(30)33/h12-25H,1-11H3/q+2. The monoisotopic (exact) mass is 622 g/mol. The van der Waals surface area contributed by atoms with E-state index in [1.165, 1.54) is 33.7 Å². The van der Waals surface area contributed by atoms with E-state index in [9.17, 15) is 0 Å². The van der Waals surface area contributed by atoms with Gasteiger partial charge in [-0.2, -0.15) is 0 Å². The lowest BCUT2D eigenvalue weighted by molar-refractivity contribution is -0.658. The van der Waals surface area contributed by atoms with E-state index in [1.54, 1.807) is 0 Å². The Labute approximate surface area is 280 Å². The van der Waals surface area contributed by atoms with Crippen LogP contribution in [0.4, 0.5) is 34.4 Å². The quantitative estimate of drug-likeness (QED) is 0.173. The molecule has 7 rings (SSSR count). The van der Waals surface area contributed by atoms with Crippen LogP contribution in [0.2, 0.25) is 0 Å². The van der Waals surface area contributed by atoms with E-state index in [0.29, 0.717) is 0 Å². The zero-order valence-electron chi connectivity index (χ0n) is 29.8. The molecule has 2 aliphatic rings. The Morgan fingerprint density at radius 2 is 0.915 bits per heavy atom. The summed E-state index contributed by atoms with van der Waals surface area (Å²) in [5.41, 5.74) is 10.3. The summed E-state index contributed by atoms with van der Waals surface area (Å²) in [6.45, 7) is 20.4. The van der Waals surface area contributed by atoms with E-state index < -0.39 is 0 Å². The van der Waals surface area contributed by atoms with Crippen LogP contribution in [-0.4, -0.2) is 16.7 Å². The summed E-state index contributed by atoms with van der Waals surface area (Å²) in [4.78, 5) is 16.0. The second-order valence-electron chi connectivity index (χ2n) is 16.3. The molecule has 3 aromatic heterocycles. The van der Waals surface area contributed by atoms with Crippen LogP contribution in [-0.2, 0) is 30.3 Å². The highest BCUT2D eigenvalue weighted by Crippen LogP contribution is 2.46. The van der Waals surface area contributed by atoms with Gasteiger partial charge in [-0.1, -0.05) is 98.7 Å². The topological polar surface area (TPSA) is 40.0 Å². The van der Waals surface area contributed by atoms with Crippen LogP contribution in [0.5, 0.6) is 0 Å². The zero-order valence-corrected chi connectivity index (χ0v) is 29.8. The van der Waals surface area contributed by atoms with E-state index in [4.69, 9.17) is 9.97 Å². The van der Waals surface area contributed by atoms with Crippen LogP contribution in [0.1, 0.15) is 79.3 Å². The molecular weight excluding hydrogens is 575 g/mol. The molecule has 2 aromatic carbocycles. The zero-order chi connectivity index (χ0) is 33.6. The van der Waals surface area contributed by atoms with Gasteiger partial charge in [-0.15, -0.1) is 0 Å². The number of benzene rings is 2. The van der Waals surface area contributed by atoms with Crippen molar-refractivity contribution in [1.29, 1.82) is 0 Å². The first kappa shape index (κ1) is 31.1. The van der Waals surface area contributed by atoms with Gasteiger partial charge in [0, 0.05) is 34.4 Å². The fourth-order valence-corrected chi connectivity index (χ4v) is 7.31. The Balaban J connectivity index is 1.75. The van der Waals surface area contributed by atoms with Crippen LogP contribution in [0.25, 0.3) is 0 Å². The molecule has 2 aliphatic heterocycles. The highest BCUT2D eigenvalue weighted by Gasteiger charge is 2.57. The average Bonchev–Trinajstić information content (AvgIpc) is 3.00. The van der Waals surface area contributed by atoms with Crippen LogP contribution >= 0.6 is 0 Å². The Bertz CT molecular complexity index is 1880. The molecule has 0 unspecified atom stereocenters. The average molecular weight is 623 g/mol. The smallest absolute Gasteiger partial charge is 0.290 e. The van der Waals surface area contributed by atoms with E-state index >= 15 is 0 Å². The molecule has 0 fully saturated rings. The summed E-state index contributed by atoms with van der Waals surface area (Å²) in [6.07, 6.45) is 4.49. The second-order valence-corrected chi connectivity index (χ2v) is 16.3. The van der Waals surface area contributed by atoms with Gasteiger partial charge in [-0.05, 0) is 46.2 Å². The van der Waals surface area contributed by atoms with Gasteiger partial charge in [0.2, 0.25) is 0 Å². The lowest BCUT2D eigenvalue weighted by Gasteiger charge is -2.42. The number of anilines is 6. The number of para-hydroxylation sites is 2. The number of hydrogen-bond acceptors (Lipinski definition) is 4. The predicted octanol–water partition coefficient (Wildman–Crippen LogP) is 6.10. The van der Waals surface area contributed by atoms with Gasteiger partial charge in [0.05, 0.1) is 0 Å². The largest absolute Gasteiger partial charge is 0.419 e. The minimum absolute atomic E-state index is 0.0986.